The minimum absolute atomic E-state index is 0.427. The molecule has 5 heteroatoms. The molecule has 3 rings (SSSR count). The summed E-state index contributed by atoms with van der Waals surface area (Å²) in [5.41, 5.74) is 8.29. The van der Waals surface area contributed by atoms with E-state index >= 15 is 0 Å². The quantitative estimate of drug-likeness (QED) is 0.778. The van der Waals surface area contributed by atoms with Crippen LogP contribution in [-0.4, -0.2) is 10.1 Å². The average molecular weight is 397 g/mol. The molecule has 21 heavy (non-hydrogen) atoms. The topological polar surface area (TPSA) is 64.9 Å². The first-order chi connectivity index (χ1) is 9.99. The van der Waals surface area contributed by atoms with Crippen molar-refractivity contribution in [1.82, 2.24) is 10.1 Å². The molecule has 2 aromatic rings. The third-order valence-corrected chi connectivity index (χ3v) is 5.89. The normalized spacial score (nSPS) is 26.0. The van der Waals surface area contributed by atoms with Crippen LogP contribution in [0.15, 0.2) is 22.7 Å². The lowest BCUT2D eigenvalue weighted by molar-refractivity contribution is 0.230. The molecular weight excluding hydrogens is 377 g/mol. The zero-order valence-corrected chi connectivity index (χ0v) is 14.6. The van der Waals surface area contributed by atoms with Gasteiger partial charge in [-0.1, -0.05) is 24.2 Å². The van der Waals surface area contributed by atoms with Gasteiger partial charge < -0.3 is 10.3 Å². The second kappa shape index (κ2) is 5.68. The van der Waals surface area contributed by atoms with Crippen molar-refractivity contribution in [2.45, 2.75) is 45.1 Å². The number of rotatable bonds is 2. The lowest BCUT2D eigenvalue weighted by atomic mass is 9.77. The number of hydrogen-bond acceptors (Lipinski definition) is 4. The molecule has 0 aliphatic heterocycles. The second-order valence-electron chi connectivity index (χ2n) is 6.20. The predicted octanol–water partition coefficient (Wildman–Crippen LogP) is 4.01. The van der Waals surface area contributed by atoms with E-state index in [0.29, 0.717) is 11.7 Å². The summed E-state index contributed by atoms with van der Waals surface area (Å²) in [6.45, 7) is 4.35. The molecule has 1 heterocycles. The molecule has 1 aromatic carbocycles. The Morgan fingerprint density at radius 3 is 2.76 bits per heavy atom. The van der Waals surface area contributed by atoms with Crippen LogP contribution >= 0.6 is 22.6 Å². The number of aryl methyl sites for hydroxylation is 1. The molecule has 112 valence electrons. The largest absolute Gasteiger partial charge is 0.334 e. The van der Waals surface area contributed by atoms with Crippen molar-refractivity contribution in [3.63, 3.8) is 0 Å². The highest BCUT2D eigenvalue weighted by Gasteiger charge is 2.36. The van der Waals surface area contributed by atoms with Gasteiger partial charge in [0.05, 0.1) is 11.1 Å². The van der Waals surface area contributed by atoms with Crippen molar-refractivity contribution in [2.24, 2.45) is 11.7 Å². The van der Waals surface area contributed by atoms with Gasteiger partial charge in [-0.25, -0.2) is 0 Å². The number of halogens is 1. The van der Waals surface area contributed by atoms with Gasteiger partial charge in [0.25, 0.3) is 5.89 Å². The van der Waals surface area contributed by atoms with E-state index in [1.54, 1.807) is 0 Å². The fourth-order valence-corrected chi connectivity index (χ4v) is 3.44. The van der Waals surface area contributed by atoms with Crippen LogP contribution in [0.5, 0.6) is 0 Å². The van der Waals surface area contributed by atoms with Gasteiger partial charge >= 0.3 is 0 Å². The van der Waals surface area contributed by atoms with E-state index < -0.39 is 5.54 Å². The molecule has 1 aliphatic carbocycles. The first-order valence-electron chi connectivity index (χ1n) is 7.38. The fraction of sp³-hybridized carbons (Fsp3) is 0.500. The molecule has 0 bridgehead atoms. The second-order valence-corrected chi connectivity index (χ2v) is 7.28. The van der Waals surface area contributed by atoms with Crippen molar-refractivity contribution >= 4 is 22.6 Å². The van der Waals surface area contributed by atoms with E-state index in [1.807, 2.05) is 12.1 Å². The standard InChI is InChI=1S/C16H20IN3O/c1-10-6-8-16(18,9-7-10)15-19-14(21-20-15)12-5-3-4-11(2)13(12)17/h3-5,10H,6-9,18H2,1-2H3. The Kier molecular flexibility index (Phi) is 4.05. The van der Waals surface area contributed by atoms with Gasteiger partial charge in [-0.2, -0.15) is 4.98 Å². The Balaban J connectivity index is 1.92. The van der Waals surface area contributed by atoms with Crippen molar-refractivity contribution in [3.05, 3.63) is 33.2 Å². The molecule has 0 radical (unpaired) electrons. The smallest absolute Gasteiger partial charge is 0.259 e. The van der Waals surface area contributed by atoms with Crippen molar-refractivity contribution < 1.29 is 4.52 Å². The van der Waals surface area contributed by atoms with Crippen LogP contribution in [0.4, 0.5) is 0 Å². The number of aromatic nitrogens is 2. The molecule has 1 saturated carbocycles. The highest BCUT2D eigenvalue weighted by molar-refractivity contribution is 14.1. The van der Waals surface area contributed by atoms with E-state index in [-0.39, 0.29) is 0 Å². The first-order valence-corrected chi connectivity index (χ1v) is 8.46. The molecule has 0 atom stereocenters. The lowest BCUT2D eigenvalue weighted by Gasteiger charge is -2.33. The SMILES string of the molecule is Cc1cccc(-c2nc(C3(N)CCC(C)CC3)no2)c1I. The zero-order valence-electron chi connectivity index (χ0n) is 12.4. The number of benzene rings is 1. The minimum Gasteiger partial charge on any atom is -0.334 e. The van der Waals surface area contributed by atoms with Gasteiger partial charge in [0.15, 0.2) is 5.82 Å². The van der Waals surface area contributed by atoms with E-state index in [1.165, 1.54) is 5.56 Å². The third kappa shape index (κ3) is 2.85. The maximum atomic E-state index is 6.52. The molecule has 0 amide bonds. The first kappa shape index (κ1) is 15.0. The number of nitrogens with two attached hydrogens (primary N) is 1. The van der Waals surface area contributed by atoms with Crippen LogP contribution < -0.4 is 5.73 Å². The molecule has 1 aromatic heterocycles. The molecule has 1 fully saturated rings. The van der Waals surface area contributed by atoms with Gasteiger partial charge in [0.1, 0.15) is 0 Å². The lowest BCUT2D eigenvalue weighted by Crippen LogP contribution is -2.41. The molecule has 4 nitrogen and oxygen atoms in total. The van der Waals surface area contributed by atoms with E-state index in [0.717, 1.165) is 40.7 Å². The average Bonchev–Trinajstić information content (AvgIpc) is 2.96. The molecular formula is C16H20IN3O. The third-order valence-electron chi connectivity index (χ3n) is 4.46. The van der Waals surface area contributed by atoms with Gasteiger partial charge in [-0.3, -0.25) is 0 Å². The Labute approximate surface area is 138 Å². The van der Waals surface area contributed by atoms with Gasteiger partial charge in [0.2, 0.25) is 0 Å². The summed E-state index contributed by atoms with van der Waals surface area (Å²) >= 11 is 2.32. The highest BCUT2D eigenvalue weighted by atomic mass is 127. The zero-order chi connectivity index (χ0) is 15.0. The van der Waals surface area contributed by atoms with Crippen molar-refractivity contribution in [2.75, 3.05) is 0 Å². The van der Waals surface area contributed by atoms with Gasteiger partial charge in [-0.15, -0.1) is 0 Å². The maximum Gasteiger partial charge on any atom is 0.259 e. The van der Waals surface area contributed by atoms with E-state index in [9.17, 15) is 0 Å². The van der Waals surface area contributed by atoms with Crippen LogP contribution in [0.25, 0.3) is 11.5 Å². The molecule has 0 saturated heterocycles. The molecule has 0 unspecified atom stereocenters. The van der Waals surface area contributed by atoms with Crippen LogP contribution in [-0.2, 0) is 5.54 Å². The Hall–Kier alpha value is -0.950. The van der Waals surface area contributed by atoms with Crippen LogP contribution in [0.1, 0.15) is 44.0 Å². The Morgan fingerprint density at radius 2 is 2.05 bits per heavy atom. The summed E-state index contributed by atoms with van der Waals surface area (Å²) in [6.07, 6.45) is 4.11. The number of nitrogens with zero attached hydrogens (tertiary/aromatic N) is 2. The summed E-state index contributed by atoms with van der Waals surface area (Å²) in [7, 11) is 0. The van der Waals surface area contributed by atoms with Gasteiger partial charge in [0, 0.05) is 3.57 Å². The highest BCUT2D eigenvalue weighted by Crippen LogP contribution is 2.37. The summed E-state index contributed by atoms with van der Waals surface area (Å²) in [4.78, 5) is 4.60. The van der Waals surface area contributed by atoms with E-state index in [2.05, 4.69) is 52.6 Å². The maximum absolute atomic E-state index is 6.52. The minimum atomic E-state index is -0.427. The fourth-order valence-electron chi connectivity index (χ4n) is 2.85. The molecule has 2 N–H and O–H groups in total. The predicted molar refractivity (Wildman–Crippen MR) is 90.7 cm³/mol. The molecule has 0 spiro atoms. The number of hydrogen-bond donors (Lipinski definition) is 1. The van der Waals surface area contributed by atoms with Gasteiger partial charge in [-0.05, 0) is 72.7 Å². The van der Waals surface area contributed by atoms with Crippen LogP contribution in [0, 0.1) is 16.4 Å². The molecule has 1 aliphatic rings. The Bertz CT molecular complexity index is 645. The monoisotopic (exact) mass is 397 g/mol. The summed E-state index contributed by atoms with van der Waals surface area (Å²) in [5.74, 6) is 1.97. The summed E-state index contributed by atoms with van der Waals surface area (Å²) in [5, 5.41) is 4.17. The van der Waals surface area contributed by atoms with Crippen LogP contribution in [0.2, 0.25) is 0 Å². The summed E-state index contributed by atoms with van der Waals surface area (Å²) < 4.78 is 6.63. The van der Waals surface area contributed by atoms with Crippen molar-refractivity contribution in [3.8, 4) is 11.5 Å². The Morgan fingerprint density at radius 1 is 1.33 bits per heavy atom. The van der Waals surface area contributed by atoms with Crippen molar-refractivity contribution in [1.29, 1.82) is 0 Å². The van der Waals surface area contributed by atoms with E-state index in [4.69, 9.17) is 10.3 Å². The van der Waals surface area contributed by atoms with Crippen LogP contribution in [0.3, 0.4) is 0 Å². The summed E-state index contributed by atoms with van der Waals surface area (Å²) in [6, 6.07) is 6.10.